The molecule has 3 aromatic rings. The molecule has 5 nitrogen and oxygen atoms in total. The third-order valence-corrected chi connectivity index (χ3v) is 7.78. The molecule has 0 atom stereocenters. The largest absolute Gasteiger partial charge is 0.345 e. The van der Waals surface area contributed by atoms with Crippen LogP contribution in [0.1, 0.15) is 0 Å². The quantitative estimate of drug-likeness (QED) is 0.630. The molecule has 0 spiro atoms. The van der Waals surface area contributed by atoms with Crippen LogP contribution in [0, 0.1) is 0 Å². The summed E-state index contributed by atoms with van der Waals surface area (Å²) in [5.41, 5.74) is 0.908. The van der Waals surface area contributed by atoms with E-state index in [1.54, 1.807) is 35.6 Å². The van der Waals surface area contributed by atoms with E-state index in [2.05, 4.69) is 9.88 Å². The molecular formula is C17H15Cl2N3O2S2. The number of sulfonamides is 1. The predicted octanol–water partition coefficient (Wildman–Crippen LogP) is 4.11. The molecular weight excluding hydrogens is 413 g/mol. The van der Waals surface area contributed by atoms with Gasteiger partial charge in [-0.3, -0.25) is 0 Å². The number of aromatic nitrogens is 1. The number of anilines is 1. The molecule has 1 saturated heterocycles. The predicted molar refractivity (Wildman–Crippen MR) is 107 cm³/mol. The average molecular weight is 428 g/mol. The highest BCUT2D eigenvalue weighted by Crippen LogP contribution is 2.31. The zero-order valence-corrected chi connectivity index (χ0v) is 16.7. The minimum Gasteiger partial charge on any atom is -0.345 e. The van der Waals surface area contributed by atoms with Gasteiger partial charge in [0.25, 0.3) is 0 Å². The van der Waals surface area contributed by atoms with Crippen LogP contribution in [-0.2, 0) is 10.0 Å². The Labute approximate surface area is 165 Å². The lowest BCUT2D eigenvalue weighted by Gasteiger charge is -2.33. The highest BCUT2D eigenvalue weighted by Gasteiger charge is 2.29. The fourth-order valence-electron chi connectivity index (χ4n) is 2.90. The Kier molecular flexibility index (Phi) is 4.83. The maximum absolute atomic E-state index is 12.8. The van der Waals surface area contributed by atoms with Crippen molar-refractivity contribution in [2.45, 2.75) is 4.90 Å². The van der Waals surface area contributed by atoms with Gasteiger partial charge in [-0.1, -0.05) is 34.5 Å². The lowest BCUT2D eigenvalue weighted by Crippen LogP contribution is -2.48. The maximum Gasteiger partial charge on any atom is 0.243 e. The van der Waals surface area contributed by atoms with Crippen molar-refractivity contribution < 1.29 is 8.42 Å². The van der Waals surface area contributed by atoms with Crippen molar-refractivity contribution in [3.63, 3.8) is 0 Å². The molecule has 0 unspecified atom stereocenters. The first-order chi connectivity index (χ1) is 12.4. The summed E-state index contributed by atoms with van der Waals surface area (Å²) in [5, 5.41) is 2.10. The Hall–Kier alpha value is -1.38. The van der Waals surface area contributed by atoms with Crippen LogP contribution < -0.4 is 4.90 Å². The van der Waals surface area contributed by atoms with Crippen LogP contribution in [0.5, 0.6) is 0 Å². The number of hydrogen-bond acceptors (Lipinski definition) is 5. The molecule has 4 rings (SSSR count). The first-order valence-electron chi connectivity index (χ1n) is 8.00. The number of nitrogens with zero attached hydrogens (tertiary/aromatic N) is 3. The summed E-state index contributed by atoms with van der Waals surface area (Å²) in [4.78, 5) is 7.02. The minimum absolute atomic E-state index is 0.268. The molecule has 2 aromatic carbocycles. The van der Waals surface area contributed by atoms with E-state index in [1.165, 1.54) is 4.31 Å². The number of halogens is 2. The molecule has 9 heteroatoms. The van der Waals surface area contributed by atoms with Crippen molar-refractivity contribution in [1.29, 1.82) is 0 Å². The van der Waals surface area contributed by atoms with Crippen LogP contribution >= 0.6 is 34.5 Å². The van der Waals surface area contributed by atoms with E-state index < -0.39 is 10.0 Å². The van der Waals surface area contributed by atoms with Gasteiger partial charge in [0.2, 0.25) is 10.0 Å². The number of benzene rings is 2. The van der Waals surface area contributed by atoms with E-state index in [4.69, 9.17) is 23.2 Å². The third-order valence-electron chi connectivity index (χ3n) is 4.30. The van der Waals surface area contributed by atoms with Crippen molar-refractivity contribution in [1.82, 2.24) is 9.29 Å². The summed E-state index contributed by atoms with van der Waals surface area (Å²) < 4.78 is 28.1. The second-order valence-electron chi connectivity index (χ2n) is 5.95. The van der Waals surface area contributed by atoms with E-state index in [0.29, 0.717) is 36.2 Å². The van der Waals surface area contributed by atoms with Gasteiger partial charge in [-0.25, -0.2) is 13.4 Å². The smallest absolute Gasteiger partial charge is 0.243 e. The number of rotatable bonds is 3. The summed E-state index contributed by atoms with van der Waals surface area (Å²) >= 11 is 13.5. The number of fused-ring (bicyclic) bond motifs is 1. The summed E-state index contributed by atoms with van der Waals surface area (Å²) in [7, 11) is -3.50. The van der Waals surface area contributed by atoms with Crippen LogP contribution in [0.2, 0.25) is 10.0 Å². The highest BCUT2D eigenvalue weighted by molar-refractivity contribution is 7.89. The van der Waals surface area contributed by atoms with Gasteiger partial charge >= 0.3 is 0 Å². The fraction of sp³-hybridized carbons (Fsp3) is 0.235. The van der Waals surface area contributed by atoms with Gasteiger partial charge in [-0.2, -0.15) is 4.31 Å². The molecule has 2 heterocycles. The highest BCUT2D eigenvalue weighted by atomic mass is 35.5. The molecule has 0 N–H and O–H groups in total. The van der Waals surface area contributed by atoms with Crippen molar-refractivity contribution in [3.05, 3.63) is 52.5 Å². The van der Waals surface area contributed by atoms with Crippen molar-refractivity contribution >= 4 is 59.9 Å². The molecule has 0 saturated carbocycles. The number of piperazine rings is 1. The molecule has 0 aliphatic carbocycles. The van der Waals surface area contributed by atoms with E-state index in [-0.39, 0.29) is 4.90 Å². The van der Waals surface area contributed by atoms with Crippen molar-refractivity contribution in [2.24, 2.45) is 0 Å². The summed E-state index contributed by atoms with van der Waals surface area (Å²) in [6.07, 6.45) is 0. The zero-order chi connectivity index (χ0) is 18.3. The van der Waals surface area contributed by atoms with Gasteiger partial charge in [0, 0.05) is 36.2 Å². The molecule has 0 bridgehead atoms. The van der Waals surface area contributed by atoms with Crippen LogP contribution in [0.25, 0.3) is 10.2 Å². The second kappa shape index (κ2) is 6.98. The lowest BCUT2D eigenvalue weighted by molar-refractivity contribution is 0.385. The fourth-order valence-corrected chi connectivity index (χ4v) is 5.74. The molecule has 1 aliphatic rings. The van der Waals surface area contributed by atoms with E-state index >= 15 is 0 Å². The second-order valence-corrected chi connectivity index (χ2v) is 9.77. The lowest BCUT2D eigenvalue weighted by atomic mass is 10.3. The molecule has 0 radical (unpaired) electrons. The zero-order valence-electron chi connectivity index (χ0n) is 13.6. The number of thiazole rings is 1. The summed E-state index contributed by atoms with van der Waals surface area (Å²) in [5.74, 6) is 0. The summed E-state index contributed by atoms with van der Waals surface area (Å²) in [6.45, 7) is 2.03. The first-order valence-corrected chi connectivity index (χ1v) is 11.0. The average Bonchev–Trinajstić information content (AvgIpc) is 3.05. The molecule has 26 heavy (non-hydrogen) atoms. The van der Waals surface area contributed by atoms with Gasteiger partial charge in [0.05, 0.1) is 15.1 Å². The molecule has 136 valence electrons. The maximum atomic E-state index is 12.8. The van der Waals surface area contributed by atoms with Gasteiger partial charge in [-0.15, -0.1) is 0 Å². The Balaban J connectivity index is 1.50. The van der Waals surface area contributed by atoms with Gasteiger partial charge in [0.15, 0.2) is 5.13 Å². The molecule has 1 fully saturated rings. The SMILES string of the molecule is O=S(=O)(c1ccc(Cl)cc1)N1CCN(c2nc3ccc(Cl)cc3s2)CC1. The van der Waals surface area contributed by atoms with Crippen LogP contribution in [0.15, 0.2) is 47.4 Å². The molecule has 1 aliphatic heterocycles. The van der Waals surface area contributed by atoms with Crippen molar-refractivity contribution in [3.8, 4) is 0 Å². The van der Waals surface area contributed by atoms with E-state index in [0.717, 1.165) is 15.3 Å². The van der Waals surface area contributed by atoms with Crippen molar-refractivity contribution in [2.75, 3.05) is 31.1 Å². The number of hydrogen-bond donors (Lipinski definition) is 0. The Morgan fingerprint density at radius 1 is 0.923 bits per heavy atom. The summed E-state index contributed by atoms with van der Waals surface area (Å²) in [6, 6.07) is 11.9. The van der Waals surface area contributed by atoms with E-state index in [1.807, 2.05) is 18.2 Å². The first kappa shape index (κ1) is 18.0. The third kappa shape index (κ3) is 3.42. The van der Waals surface area contributed by atoms with Crippen LogP contribution in [-0.4, -0.2) is 43.9 Å². The van der Waals surface area contributed by atoms with Gasteiger partial charge < -0.3 is 4.90 Å². The topological polar surface area (TPSA) is 53.5 Å². The Morgan fingerprint density at radius 2 is 1.58 bits per heavy atom. The normalized spacial score (nSPS) is 16.3. The standard InChI is InChI=1S/C17H15Cl2N3O2S2/c18-12-1-4-14(5-2-12)26(23,24)22-9-7-21(8-10-22)17-20-15-6-3-13(19)11-16(15)25-17/h1-6,11H,7-10H2. The van der Waals surface area contributed by atoms with Crippen LogP contribution in [0.3, 0.4) is 0 Å². The van der Waals surface area contributed by atoms with Crippen LogP contribution in [0.4, 0.5) is 5.13 Å². The molecule has 0 amide bonds. The monoisotopic (exact) mass is 427 g/mol. The molecule has 1 aromatic heterocycles. The minimum atomic E-state index is -3.50. The van der Waals surface area contributed by atoms with Gasteiger partial charge in [0.1, 0.15) is 0 Å². The van der Waals surface area contributed by atoms with E-state index in [9.17, 15) is 8.42 Å². The Morgan fingerprint density at radius 3 is 2.27 bits per heavy atom. The van der Waals surface area contributed by atoms with Gasteiger partial charge in [-0.05, 0) is 42.5 Å². The Bertz CT molecular complexity index is 1040.